The molecule has 0 atom stereocenters. The van der Waals surface area contributed by atoms with Gasteiger partial charge >= 0.3 is 5.69 Å². The zero-order valence-electron chi connectivity index (χ0n) is 12.6. The second-order valence-electron chi connectivity index (χ2n) is 5.27. The van der Waals surface area contributed by atoms with E-state index in [2.05, 4.69) is 22.8 Å². The van der Waals surface area contributed by atoms with Gasteiger partial charge in [0.15, 0.2) is 10.8 Å². The van der Waals surface area contributed by atoms with E-state index >= 15 is 0 Å². The number of aromatic nitrogens is 4. The molecule has 9 heteroatoms. The van der Waals surface area contributed by atoms with Crippen LogP contribution in [0.3, 0.4) is 0 Å². The number of fused-ring (bicyclic) bond motifs is 1. The first-order valence-electron chi connectivity index (χ1n) is 7.23. The van der Waals surface area contributed by atoms with Crippen molar-refractivity contribution in [3.8, 4) is 0 Å². The van der Waals surface area contributed by atoms with E-state index in [-0.39, 0.29) is 28.4 Å². The van der Waals surface area contributed by atoms with Gasteiger partial charge < -0.3 is 0 Å². The van der Waals surface area contributed by atoms with Crippen molar-refractivity contribution in [3.63, 3.8) is 0 Å². The summed E-state index contributed by atoms with van der Waals surface area (Å²) in [6, 6.07) is 3.19. The fraction of sp³-hybridized carbons (Fsp3) is 0.267. The molecule has 0 aliphatic carbocycles. The first-order chi connectivity index (χ1) is 11.4. The quantitative estimate of drug-likeness (QED) is 0.566. The summed E-state index contributed by atoms with van der Waals surface area (Å²) in [4.78, 5) is 20.9. The molecule has 3 aromatic rings. The van der Waals surface area contributed by atoms with Crippen molar-refractivity contribution in [1.29, 1.82) is 0 Å². The van der Waals surface area contributed by atoms with Gasteiger partial charge in [-0.05, 0) is 12.5 Å². The van der Waals surface area contributed by atoms with Crippen molar-refractivity contribution in [2.45, 2.75) is 26.3 Å². The van der Waals surface area contributed by atoms with Crippen LogP contribution in [0.4, 0.5) is 8.78 Å². The van der Waals surface area contributed by atoms with Crippen molar-refractivity contribution in [2.24, 2.45) is 0 Å². The van der Waals surface area contributed by atoms with E-state index < -0.39 is 17.3 Å². The monoisotopic (exact) mass is 370 g/mol. The molecule has 1 aromatic carbocycles. The molecule has 0 aliphatic heterocycles. The smallest absolute Gasteiger partial charge is 0.271 e. The molecule has 24 heavy (non-hydrogen) atoms. The summed E-state index contributed by atoms with van der Waals surface area (Å²) in [6.07, 6.45) is 1.40. The summed E-state index contributed by atoms with van der Waals surface area (Å²) in [5.41, 5.74) is 0.155. The van der Waals surface area contributed by atoms with Gasteiger partial charge in [-0.25, -0.2) is 27.5 Å². The van der Waals surface area contributed by atoms with Crippen molar-refractivity contribution in [2.75, 3.05) is 0 Å². The molecule has 0 aliphatic rings. The predicted molar refractivity (Wildman–Crippen MR) is 90.6 cm³/mol. The number of rotatable bonds is 4. The molecular formula is C15H13ClF2N4OS. The zero-order valence-corrected chi connectivity index (χ0v) is 14.3. The van der Waals surface area contributed by atoms with E-state index in [0.717, 1.165) is 22.5 Å². The predicted octanol–water partition coefficient (Wildman–Crippen LogP) is 3.22. The lowest BCUT2D eigenvalue weighted by Crippen LogP contribution is -2.21. The lowest BCUT2D eigenvalue weighted by Gasteiger charge is -2.06. The highest BCUT2D eigenvalue weighted by Crippen LogP contribution is 2.22. The van der Waals surface area contributed by atoms with Crippen LogP contribution in [0.15, 0.2) is 23.0 Å². The Balaban J connectivity index is 2.19. The Kier molecular flexibility index (Phi) is 4.60. The van der Waals surface area contributed by atoms with Gasteiger partial charge in [-0.2, -0.15) is 0 Å². The molecule has 0 fully saturated rings. The Morgan fingerprint density at radius 1 is 1.29 bits per heavy atom. The van der Waals surface area contributed by atoms with Gasteiger partial charge in [0.25, 0.3) is 0 Å². The average Bonchev–Trinajstić information content (AvgIpc) is 2.75. The van der Waals surface area contributed by atoms with Crippen LogP contribution in [0, 0.1) is 11.6 Å². The number of hydrogen-bond donors (Lipinski definition) is 1. The summed E-state index contributed by atoms with van der Waals surface area (Å²) < 4.78 is 29.2. The number of thiol groups is 1. The minimum absolute atomic E-state index is 0.105. The minimum atomic E-state index is -0.740. The summed E-state index contributed by atoms with van der Waals surface area (Å²) in [6.45, 7) is 1.85. The number of nitrogens with zero attached hydrogens (tertiary/aromatic N) is 4. The average molecular weight is 371 g/mol. The Bertz CT molecular complexity index is 986. The van der Waals surface area contributed by atoms with E-state index in [9.17, 15) is 13.6 Å². The Morgan fingerprint density at radius 3 is 2.71 bits per heavy atom. The summed E-state index contributed by atoms with van der Waals surface area (Å²) >= 11 is 10.3. The molecule has 0 radical (unpaired) electrons. The number of hydrogen-bond acceptors (Lipinski definition) is 4. The molecule has 2 heterocycles. The molecule has 126 valence electrons. The SMILES string of the molecule is CCCc1nc(Cl)c2c(n1)n(Cc1ccc(F)cc1F)c(=O)n2S. The summed E-state index contributed by atoms with van der Waals surface area (Å²) in [5.74, 6) is -0.936. The number of imidazole rings is 1. The topological polar surface area (TPSA) is 52.7 Å². The van der Waals surface area contributed by atoms with Crippen LogP contribution in [-0.4, -0.2) is 18.5 Å². The maximum Gasteiger partial charge on any atom is 0.340 e. The largest absolute Gasteiger partial charge is 0.340 e. The molecule has 0 saturated carbocycles. The zero-order chi connectivity index (χ0) is 17.4. The number of aryl methyl sites for hydroxylation is 1. The van der Waals surface area contributed by atoms with Crippen LogP contribution >= 0.6 is 24.4 Å². The third kappa shape index (κ3) is 2.91. The third-order valence-corrected chi connectivity index (χ3v) is 4.20. The van der Waals surface area contributed by atoms with Gasteiger partial charge in [-0.15, -0.1) is 0 Å². The molecule has 0 saturated heterocycles. The first kappa shape index (κ1) is 16.9. The van der Waals surface area contributed by atoms with E-state index in [1.54, 1.807) is 0 Å². The van der Waals surface area contributed by atoms with E-state index in [1.165, 1.54) is 10.6 Å². The van der Waals surface area contributed by atoms with Crippen LogP contribution in [0.5, 0.6) is 0 Å². The van der Waals surface area contributed by atoms with Crippen LogP contribution in [0.25, 0.3) is 11.2 Å². The maximum atomic E-state index is 13.9. The van der Waals surface area contributed by atoms with Crippen LogP contribution in [0.1, 0.15) is 24.7 Å². The second kappa shape index (κ2) is 6.52. The van der Waals surface area contributed by atoms with E-state index in [0.29, 0.717) is 12.2 Å². The van der Waals surface area contributed by atoms with Crippen molar-refractivity contribution in [1.82, 2.24) is 18.5 Å². The molecule has 0 spiro atoms. The van der Waals surface area contributed by atoms with Gasteiger partial charge in [0.05, 0.1) is 6.54 Å². The Hall–Kier alpha value is -1.93. The molecule has 0 unspecified atom stereocenters. The highest BCUT2D eigenvalue weighted by atomic mass is 35.5. The van der Waals surface area contributed by atoms with Gasteiger partial charge in [0.1, 0.15) is 23.0 Å². The summed E-state index contributed by atoms with van der Waals surface area (Å²) in [5, 5.41) is 0.105. The molecule has 0 bridgehead atoms. The lowest BCUT2D eigenvalue weighted by molar-refractivity contribution is 0.565. The van der Waals surface area contributed by atoms with Crippen LogP contribution < -0.4 is 5.69 Å². The van der Waals surface area contributed by atoms with Crippen molar-refractivity contribution >= 4 is 35.6 Å². The fourth-order valence-electron chi connectivity index (χ4n) is 2.43. The molecule has 0 N–H and O–H groups in total. The molecule has 5 nitrogen and oxygen atoms in total. The standard InChI is InChI=1S/C15H13ClF2N4OS/c1-2-3-11-19-13(16)12-14(20-11)21(15(23)22(12)24)7-8-4-5-9(17)6-10(8)18/h4-6,24H,2-3,7H2,1H3. The highest BCUT2D eigenvalue weighted by Gasteiger charge is 2.19. The Morgan fingerprint density at radius 2 is 2.04 bits per heavy atom. The second-order valence-corrected chi connectivity index (χ2v) is 6.03. The van der Waals surface area contributed by atoms with Gasteiger partial charge in [-0.3, -0.25) is 4.57 Å². The maximum absolute atomic E-state index is 13.9. The lowest BCUT2D eigenvalue weighted by atomic mass is 10.2. The normalized spacial score (nSPS) is 11.4. The van der Waals surface area contributed by atoms with Gasteiger partial charge in [0, 0.05) is 18.1 Å². The van der Waals surface area contributed by atoms with Crippen molar-refractivity contribution in [3.05, 3.63) is 56.9 Å². The molecule has 3 rings (SSSR count). The molecule has 0 amide bonds. The summed E-state index contributed by atoms with van der Waals surface area (Å²) in [7, 11) is 0. The Labute approximate surface area is 146 Å². The highest BCUT2D eigenvalue weighted by molar-refractivity contribution is 7.78. The number of halogens is 3. The molecular weight excluding hydrogens is 358 g/mol. The van der Waals surface area contributed by atoms with Crippen molar-refractivity contribution < 1.29 is 8.78 Å². The minimum Gasteiger partial charge on any atom is -0.271 e. The first-order valence-corrected chi connectivity index (χ1v) is 8.01. The van der Waals surface area contributed by atoms with Gasteiger partial charge in [-0.1, -0.05) is 37.4 Å². The fourth-order valence-corrected chi connectivity index (χ4v) is 3.05. The van der Waals surface area contributed by atoms with Crippen LogP contribution in [0.2, 0.25) is 5.15 Å². The van der Waals surface area contributed by atoms with E-state index in [4.69, 9.17) is 11.6 Å². The number of benzene rings is 1. The molecule has 2 aromatic heterocycles. The van der Waals surface area contributed by atoms with Gasteiger partial charge in [0.2, 0.25) is 0 Å². The third-order valence-electron chi connectivity index (χ3n) is 3.57. The van der Waals surface area contributed by atoms with E-state index in [1.807, 2.05) is 6.92 Å². The van der Waals surface area contributed by atoms with Crippen LogP contribution in [-0.2, 0) is 13.0 Å².